The van der Waals surface area contributed by atoms with Gasteiger partial charge in [0, 0.05) is 10.4 Å². The van der Waals surface area contributed by atoms with Gasteiger partial charge in [-0.25, -0.2) is 0 Å². The largest absolute Gasteiger partial charge is 0.458 e. The Bertz CT molecular complexity index is 550. The van der Waals surface area contributed by atoms with Crippen LogP contribution in [0.2, 0.25) is 5.02 Å². The van der Waals surface area contributed by atoms with E-state index >= 15 is 0 Å². The van der Waals surface area contributed by atoms with Gasteiger partial charge in [0.1, 0.15) is 11.3 Å². The molecule has 1 N–H and O–H groups in total. The van der Waals surface area contributed by atoms with E-state index in [1.165, 1.54) is 0 Å². The van der Waals surface area contributed by atoms with E-state index in [2.05, 4.69) is 48.1 Å². The van der Waals surface area contributed by atoms with Crippen LogP contribution in [0.5, 0.6) is 0 Å². The van der Waals surface area contributed by atoms with Gasteiger partial charge < -0.3 is 9.73 Å². The summed E-state index contributed by atoms with van der Waals surface area (Å²) in [4.78, 5) is 0. The van der Waals surface area contributed by atoms with E-state index in [9.17, 15) is 0 Å². The van der Waals surface area contributed by atoms with Gasteiger partial charge in [-0.1, -0.05) is 32.4 Å². The predicted molar refractivity (Wildman–Crippen MR) is 80.2 cm³/mol. The topological polar surface area (TPSA) is 25.2 Å². The van der Waals surface area contributed by atoms with Gasteiger partial charge in [0.05, 0.1) is 10.5 Å². The predicted octanol–water partition coefficient (Wildman–Crippen LogP) is 5.16. The lowest BCUT2D eigenvalue weighted by atomic mass is 10.0. The highest BCUT2D eigenvalue weighted by atomic mass is 79.9. The molecule has 1 aromatic heterocycles. The van der Waals surface area contributed by atoms with Crippen molar-refractivity contribution in [1.29, 1.82) is 0 Å². The summed E-state index contributed by atoms with van der Waals surface area (Å²) >= 11 is 9.54. The fourth-order valence-corrected chi connectivity index (χ4v) is 3.05. The van der Waals surface area contributed by atoms with E-state index in [0.717, 1.165) is 27.7 Å². The molecule has 0 aliphatic rings. The van der Waals surface area contributed by atoms with Gasteiger partial charge >= 0.3 is 0 Å². The maximum Gasteiger partial charge on any atom is 0.148 e. The van der Waals surface area contributed by atoms with Crippen molar-refractivity contribution in [3.8, 4) is 0 Å². The number of halogens is 2. The minimum absolute atomic E-state index is 0.230. The summed E-state index contributed by atoms with van der Waals surface area (Å²) < 4.78 is 6.86. The van der Waals surface area contributed by atoms with Crippen molar-refractivity contribution in [2.45, 2.75) is 26.8 Å². The Morgan fingerprint density at radius 3 is 2.67 bits per heavy atom. The molecule has 0 fully saturated rings. The Morgan fingerprint density at radius 2 is 2.06 bits per heavy atom. The monoisotopic (exact) mass is 329 g/mol. The van der Waals surface area contributed by atoms with Crippen LogP contribution in [0.25, 0.3) is 11.0 Å². The second-order valence-corrected chi connectivity index (χ2v) is 6.02. The number of hydrogen-bond acceptors (Lipinski definition) is 2. The fourth-order valence-electron chi connectivity index (χ4n) is 2.13. The summed E-state index contributed by atoms with van der Waals surface area (Å²) in [6.45, 7) is 7.39. The maximum atomic E-state index is 6.05. The van der Waals surface area contributed by atoms with Gasteiger partial charge in [0.15, 0.2) is 0 Å². The molecule has 18 heavy (non-hydrogen) atoms. The molecule has 98 valence electrons. The first-order valence-corrected chi connectivity index (χ1v) is 7.32. The van der Waals surface area contributed by atoms with E-state index in [0.29, 0.717) is 10.9 Å². The van der Waals surface area contributed by atoms with Crippen LogP contribution in [-0.2, 0) is 0 Å². The molecule has 4 heteroatoms. The van der Waals surface area contributed by atoms with Gasteiger partial charge in [0.2, 0.25) is 0 Å². The van der Waals surface area contributed by atoms with Gasteiger partial charge in [-0.15, -0.1) is 0 Å². The lowest BCUT2D eigenvalue weighted by Crippen LogP contribution is -2.24. The minimum Gasteiger partial charge on any atom is -0.458 e. The van der Waals surface area contributed by atoms with Gasteiger partial charge in [-0.05, 0) is 46.6 Å². The molecule has 0 spiro atoms. The molecule has 2 nitrogen and oxygen atoms in total. The van der Waals surface area contributed by atoms with Crippen molar-refractivity contribution in [2.75, 3.05) is 6.54 Å². The van der Waals surface area contributed by atoms with Crippen LogP contribution in [0.1, 0.15) is 32.6 Å². The van der Waals surface area contributed by atoms with Crippen molar-refractivity contribution < 1.29 is 4.42 Å². The molecule has 1 atom stereocenters. The molecule has 1 heterocycles. The van der Waals surface area contributed by atoms with E-state index in [-0.39, 0.29) is 6.04 Å². The second-order valence-electron chi connectivity index (χ2n) is 4.73. The number of rotatable bonds is 4. The van der Waals surface area contributed by atoms with Crippen LogP contribution in [0.15, 0.2) is 27.1 Å². The van der Waals surface area contributed by atoms with Crippen molar-refractivity contribution >= 4 is 38.5 Å². The normalized spacial score (nSPS) is 13.4. The highest BCUT2D eigenvalue weighted by Crippen LogP contribution is 2.34. The van der Waals surface area contributed by atoms with Crippen LogP contribution < -0.4 is 5.32 Å². The first kappa shape index (κ1) is 13.9. The quantitative estimate of drug-likeness (QED) is 0.838. The SMILES string of the molecule is CCNC(c1cc2cc(Cl)cc(Br)c2o1)C(C)C. The third-order valence-corrected chi connectivity index (χ3v) is 3.76. The Kier molecular flexibility index (Phi) is 4.36. The average molecular weight is 331 g/mol. The highest BCUT2D eigenvalue weighted by Gasteiger charge is 2.19. The zero-order valence-corrected chi connectivity index (χ0v) is 13.1. The molecule has 0 radical (unpaired) electrons. The zero-order chi connectivity index (χ0) is 13.3. The Morgan fingerprint density at radius 1 is 1.33 bits per heavy atom. The summed E-state index contributed by atoms with van der Waals surface area (Å²) in [5.74, 6) is 1.43. The van der Waals surface area contributed by atoms with Crippen LogP contribution in [-0.4, -0.2) is 6.54 Å². The molecule has 1 unspecified atom stereocenters. The first-order valence-electron chi connectivity index (χ1n) is 6.14. The third-order valence-electron chi connectivity index (χ3n) is 2.95. The molecular formula is C14H17BrClNO. The van der Waals surface area contributed by atoms with Crippen molar-refractivity contribution in [3.63, 3.8) is 0 Å². The van der Waals surface area contributed by atoms with Crippen LogP contribution in [0, 0.1) is 5.92 Å². The lowest BCUT2D eigenvalue weighted by molar-refractivity contribution is 0.356. The van der Waals surface area contributed by atoms with Crippen molar-refractivity contribution in [3.05, 3.63) is 33.5 Å². The summed E-state index contributed by atoms with van der Waals surface area (Å²) in [7, 11) is 0. The van der Waals surface area contributed by atoms with Gasteiger partial charge in [0.25, 0.3) is 0 Å². The molecule has 2 rings (SSSR count). The second kappa shape index (κ2) is 5.64. The first-order chi connectivity index (χ1) is 8.52. The van der Waals surface area contributed by atoms with Gasteiger partial charge in [-0.2, -0.15) is 0 Å². The molecule has 0 aliphatic carbocycles. The molecule has 0 saturated carbocycles. The lowest BCUT2D eigenvalue weighted by Gasteiger charge is -2.19. The Labute approximate surface area is 121 Å². The fraction of sp³-hybridized carbons (Fsp3) is 0.429. The highest BCUT2D eigenvalue weighted by molar-refractivity contribution is 9.10. The van der Waals surface area contributed by atoms with Gasteiger partial charge in [-0.3, -0.25) is 0 Å². The van der Waals surface area contributed by atoms with E-state index in [1.807, 2.05) is 12.1 Å². The Hall–Kier alpha value is -0.510. The summed E-state index contributed by atoms with van der Waals surface area (Å²) in [5, 5.41) is 5.20. The number of hydrogen-bond donors (Lipinski definition) is 1. The van der Waals surface area contributed by atoms with Crippen LogP contribution in [0.3, 0.4) is 0 Å². The number of furan rings is 1. The average Bonchev–Trinajstić information content (AvgIpc) is 2.68. The summed E-state index contributed by atoms with van der Waals surface area (Å²) in [6, 6.07) is 6.08. The molecule has 0 bridgehead atoms. The molecule has 0 aliphatic heterocycles. The van der Waals surface area contributed by atoms with Crippen molar-refractivity contribution in [2.24, 2.45) is 5.92 Å². The molecular weight excluding hydrogens is 314 g/mol. The standard InChI is InChI=1S/C14H17BrClNO/c1-4-17-13(8(2)3)12-6-9-5-10(16)7-11(15)14(9)18-12/h5-8,13,17H,4H2,1-3H3. The number of fused-ring (bicyclic) bond motifs is 1. The Balaban J connectivity index is 2.48. The summed E-state index contributed by atoms with van der Waals surface area (Å²) in [5.41, 5.74) is 0.859. The molecule has 2 aromatic rings. The van der Waals surface area contributed by atoms with E-state index in [4.69, 9.17) is 16.0 Å². The molecule has 1 aromatic carbocycles. The van der Waals surface area contributed by atoms with Crippen LogP contribution in [0.4, 0.5) is 0 Å². The molecule has 0 saturated heterocycles. The smallest absolute Gasteiger partial charge is 0.148 e. The van der Waals surface area contributed by atoms with Crippen LogP contribution >= 0.6 is 27.5 Å². The zero-order valence-electron chi connectivity index (χ0n) is 10.8. The number of nitrogens with one attached hydrogen (secondary N) is 1. The summed E-state index contributed by atoms with van der Waals surface area (Å²) in [6.07, 6.45) is 0. The molecule has 0 amide bonds. The third kappa shape index (κ3) is 2.73. The van der Waals surface area contributed by atoms with E-state index in [1.54, 1.807) is 0 Å². The minimum atomic E-state index is 0.230. The van der Waals surface area contributed by atoms with Crippen molar-refractivity contribution in [1.82, 2.24) is 5.32 Å². The maximum absolute atomic E-state index is 6.05. The van der Waals surface area contributed by atoms with E-state index < -0.39 is 0 Å². The number of benzene rings is 1.